The van der Waals surface area contributed by atoms with Gasteiger partial charge in [0.15, 0.2) is 0 Å². The molecule has 5 heteroatoms. The van der Waals surface area contributed by atoms with Gasteiger partial charge in [0.05, 0.1) is 11.2 Å². The molecule has 0 radical (unpaired) electrons. The number of halogens is 1. The summed E-state index contributed by atoms with van der Waals surface area (Å²) in [6.07, 6.45) is 4.82. The molecule has 2 aromatic rings. The number of hydrogen-bond acceptors (Lipinski definition) is 4. The molecule has 2 aromatic heterocycles. The Labute approximate surface area is 98.3 Å². The van der Waals surface area contributed by atoms with Gasteiger partial charge in [0.25, 0.3) is 0 Å². The Morgan fingerprint density at radius 3 is 2.88 bits per heavy atom. The molecule has 0 aliphatic carbocycles. The summed E-state index contributed by atoms with van der Waals surface area (Å²) in [5, 5.41) is 3.47. The lowest BCUT2D eigenvalue weighted by molar-refractivity contribution is 0.480. The minimum Gasteiger partial charge on any atom is -0.455 e. The number of rotatable bonds is 3. The van der Waals surface area contributed by atoms with Crippen LogP contribution in [-0.4, -0.2) is 17.0 Å². The van der Waals surface area contributed by atoms with E-state index in [4.69, 9.17) is 16.3 Å². The molecule has 0 aliphatic rings. The SMILES string of the molecule is CNc1cc(Oc2cncc(Cl)c2)ccn1. The number of hydrogen-bond donors (Lipinski definition) is 1. The van der Waals surface area contributed by atoms with Crippen LogP contribution in [0.25, 0.3) is 0 Å². The van der Waals surface area contributed by atoms with Gasteiger partial charge in [-0.2, -0.15) is 0 Å². The molecule has 0 aliphatic heterocycles. The zero-order chi connectivity index (χ0) is 11.4. The third-order valence-electron chi connectivity index (χ3n) is 1.90. The molecule has 16 heavy (non-hydrogen) atoms. The smallest absolute Gasteiger partial charge is 0.147 e. The summed E-state index contributed by atoms with van der Waals surface area (Å²) < 4.78 is 5.57. The Morgan fingerprint density at radius 2 is 2.12 bits per heavy atom. The van der Waals surface area contributed by atoms with Gasteiger partial charge in [-0.05, 0) is 6.07 Å². The molecule has 1 N–H and O–H groups in total. The molecule has 0 atom stereocenters. The average Bonchev–Trinajstić information content (AvgIpc) is 2.29. The molecule has 0 aromatic carbocycles. The van der Waals surface area contributed by atoms with Crippen molar-refractivity contribution < 1.29 is 4.74 Å². The Hall–Kier alpha value is -1.81. The predicted octanol–water partition coefficient (Wildman–Crippen LogP) is 2.96. The topological polar surface area (TPSA) is 47.0 Å². The van der Waals surface area contributed by atoms with E-state index in [1.165, 1.54) is 0 Å². The number of nitrogens with zero attached hydrogens (tertiary/aromatic N) is 2. The van der Waals surface area contributed by atoms with Crippen LogP contribution in [0.15, 0.2) is 36.8 Å². The van der Waals surface area contributed by atoms with E-state index in [9.17, 15) is 0 Å². The van der Waals surface area contributed by atoms with Crippen LogP contribution in [0, 0.1) is 0 Å². The summed E-state index contributed by atoms with van der Waals surface area (Å²) in [6.45, 7) is 0. The molecule has 0 fully saturated rings. The van der Waals surface area contributed by atoms with Crippen LogP contribution in [0.5, 0.6) is 11.5 Å². The molecule has 0 saturated heterocycles. The van der Waals surface area contributed by atoms with Crippen molar-refractivity contribution in [3.05, 3.63) is 41.8 Å². The molecular formula is C11H10ClN3O. The maximum absolute atomic E-state index is 5.80. The molecule has 0 saturated carbocycles. The fourth-order valence-corrected chi connectivity index (χ4v) is 1.36. The van der Waals surface area contributed by atoms with Crippen LogP contribution in [0.1, 0.15) is 0 Å². The first-order chi connectivity index (χ1) is 7.78. The van der Waals surface area contributed by atoms with E-state index in [1.54, 1.807) is 43.8 Å². The molecule has 0 unspecified atom stereocenters. The van der Waals surface area contributed by atoms with Crippen molar-refractivity contribution >= 4 is 17.4 Å². The van der Waals surface area contributed by atoms with Gasteiger partial charge in [-0.1, -0.05) is 11.6 Å². The Kier molecular flexibility index (Phi) is 3.22. The quantitative estimate of drug-likeness (QED) is 0.889. The Morgan fingerprint density at radius 1 is 1.25 bits per heavy atom. The summed E-state index contributed by atoms with van der Waals surface area (Å²) in [7, 11) is 1.80. The van der Waals surface area contributed by atoms with Crippen molar-refractivity contribution in [2.75, 3.05) is 12.4 Å². The van der Waals surface area contributed by atoms with Gasteiger partial charge in [-0.15, -0.1) is 0 Å². The second-order valence-corrected chi connectivity index (χ2v) is 3.50. The standard InChI is InChI=1S/C11H10ClN3O/c1-13-11-5-9(2-3-15-11)16-10-4-8(12)6-14-7-10/h2-7H,1H3,(H,13,15). The van der Waals surface area contributed by atoms with E-state index < -0.39 is 0 Å². The number of aromatic nitrogens is 2. The van der Waals surface area contributed by atoms with Crippen LogP contribution in [0.4, 0.5) is 5.82 Å². The summed E-state index contributed by atoms with van der Waals surface area (Å²) in [6, 6.07) is 5.26. The normalized spacial score (nSPS) is 9.88. The minimum absolute atomic E-state index is 0.542. The first-order valence-corrected chi connectivity index (χ1v) is 5.08. The second kappa shape index (κ2) is 4.81. The highest BCUT2D eigenvalue weighted by atomic mass is 35.5. The van der Waals surface area contributed by atoms with Gasteiger partial charge in [-0.25, -0.2) is 4.98 Å². The number of nitrogens with one attached hydrogen (secondary N) is 1. The highest BCUT2D eigenvalue weighted by Crippen LogP contribution is 2.23. The van der Waals surface area contributed by atoms with Gasteiger partial charge in [-0.3, -0.25) is 4.98 Å². The van der Waals surface area contributed by atoms with Crippen molar-refractivity contribution in [2.45, 2.75) is 0 Å². The summed E-state index contributed by atoms with van der Waals surface area (Å²) in [5.41, 5.74) is 0. The number of anilines is 1. The van der Waals surface area contributed by atoms with E-state index in [0.717, 1.165) is 5.82 Å². The van der Waals surface area contributed by atoms with Gasteiger partial charge in [0, 0.05) is 31.6 Å². The minimum atomic E-state index is 0.542. The summed E-state index contributed by atoms with van der Waals surface area (Å²) >= 11 is 5.80. The van der Waals surface area contributed by atoms with Crippen LogP contribution < -0.4 is 10.1 Å². The van der Waals surface area contributed by atoms with Crippen LogP contribution in [-0.2, 0) is 0 Å². The molecule has 0 bridgehead atoms. The predicted molar refractivity (Wildman–Crippen MR) is 63.1 cm³/mol. The van der Waals surface area contributed by atoms with Crippen molar-refractivity contribution in [1.82, 2.24) is 9.97 Å². The monoisotopic (exact) mass is 235 g/mol. The summed E-state index contributed by atoms with van der Waals surface area (Å²) in [5.74, 6) is 2.02. The first kappa shape index (κ1) is 10.7. The molecule has 0 spiro atoms. The van der Waals surface area contributed by atoms with Crippen molar-refractivity contribution in [1.29, 1.82) is 0 Å². The van der Waals surface area contributed by atoms with E-state index >= 15 is 0 Å². The van der Waals surface area contributed by atoms with Gasteiger partial charge in [0.1, 0.15) is 17.3 Å². The second-order valence-electron chi connectivity index (χ2n) is 3.07. The van der Waals surface area contributed by atoms with Gasteiger partial charge >= 0.3 is 0 Å². The fraction of sp³-hybridized carbons (Fsp3) is 0.0909. The highest BCUT2D eigenvalue weighted by molar-refractivity contribution is 6.30. The maximum atomic E-state index is 5.80. The fourth-order valence-electron chi connectivity index (χ4n) is 1.20. The lowest BCUT2D eigenvalue weighted by Crippen LogP contribution is -1.92. The third kappa shape index (κ3) is 2.61. The Balaban J connectivity index is 2.20. The molecule has 82 valence electrons. The van der Waals surface area contributed by atoms with E-state index in [1.807, 2.05) is 0 Å². The van der Waals surface area contributed by atoms with Crippen molar-refractivity contribution in [3.63, 3.8) is 0 Å². The Bertz CT molecular complexity index is 490. The zero-order valence-corrected chi connectivity index (χ0v) is 9.40. The molecule has 2 rings (SSSR count). The van der Waals surface area contributed by atoms with E-state index in [-0.39, 0.29) is 0 Å². The number of ether oxygens (including phenoxy) is 1. The average molecular weight is 236 g/mol. The van der Waals surface area contributed by atoms with Crippen molar-refractivity contribution in [3.8, 4) is 11.5 Å². The third-order valence-corrected chi connectivity index (χ3v) is 2.11. The van der Waals surface area contributed by atoms with Gasteiger partial charge < -0.3 is 10.1 Å². The molecule has 4 nitrogen and oxygen atoms in total. The van der Waals surface area contributed by atoms with Gasteiger partial charge in [0.2, 0.25) is 0 Å². The number of pyridine rings is 2. The van der Waals surface area contributed by atoms with Crippen LogP contribution >= 0.6 is 11.6 Å². The largest absolute Gasteiger partial charge is 0.455 e. The zero-order valence-electron chi connectivity index (χ0n) is 8.64. The summed E-state index contributed by atoms with van der Waals surface area (Å²) in [4.78, 5) is 8.02. The first-order valence-electron chi connectivity index (χ1n) is 4.70. The maximum Gasteiger partial charge on any atom is 0.147 e. The highest BCUT2D eigenvalue weighted by Gasteiger charge is 2.00. The van der Waals surface area contributed by atoms with Crippen molar-refractivity contribution in [2.24, 2.45) is 0 Å². The lowest BCUT2D eigenvalue weighted by atomic mass is 10.4. The van der Waals surface area contributed by atoms with E-state index in [0.29, 0.717) is 16.5 Å². The molecule has 2 heterocycles. The van der Waals surface area contributed by atoms with Crippen LogP contribution in [0.2, 0.25) is 5.02 Å². The van der Waals surface area contributed by atoms with Crippen LogP contribution in [0.3, 0.4) is 0 Å². The molecule has 0 amide bonds. The molecular weight excluding hydrogens is 226 g/mol. The van der Waals surface area contributed by atoms with E-state index in [2.05, 4.69) is 15.3 Å². The lowest BCUT2D eigenvalue weighted by Gasteiger charge is -2.06.